The first-order valence-corrected chi connectivity index (χ1v) is 27.9. The van der Waals surface area contributed by atoms with Crippen molar-refractivity contribution >= 4 is 73.8 Å². The molecule has 33 nitrogen and oxygen atoms in total. The fourth-order valence-electron chi connectivity index (χ4n) is 8.95. The summed E-state index contributed by atoms with van der Waals surface area (Å²) in [6, 6.07) is 2.29. The van der Waals surface area contributed by atoms with Crippen molar-refractivity contribution in [2.24, 2.45) is 17.0 Å². The van der Waals surface area contributed by atoms with Crippen molar-refractivity contribution in [3.05, 3.63) is 103 Å². The van der Waals surface area contributed by atoms with Crippen LogP contribution >= 0.6 is 11.8 Å². The fraction of sp³-hybridized carbons (Fsp3) is 0.522. The summed E-state index contributed by atoms with van der Waals surface area (Å²) in [5, 5.41) is 46.8. The minimum atomic E-state index is -4.67. The van der Waals surface area contributed by atoms with Gasteiger partial charge < -0.3 is 66.9 Å². The van der Waals surface area contributed by atoms with Crippen LogP contribution in [-0.4, -0.2) is 158 Å². The monoisotopic (exact) mass is 1170 g/mol. The number of aromatic amines is 1. The largest absolute Gasteiger partial charge is 0.396 e. The molecule has 8 heterocycles. The van der Waals surface area contributed by atoms with Gasteiger partial charge in [-0.25, -0.2) is 19.6 Å². The van der Waals surface area contributed by atoms with Crippen LogP contribution in [0.5, 0.6) is 0 Å². The van der Waals surface area contributed by atoms with Crippen LogP contribution in [0.1, 0.15) is 75.0 Å². The standard InChI is InChI=1S/2C14H18N6O.C10H13N5O4.C8H11N3O3S.H2O4S/c2*15-14-18-12(17-9-2-3-9)11-13(19-14)20(7-16-11)10-4-1-8(5-10)6-21;1-5-3-15(10(18)12-9(5)17)8-2-6(13-14-11)7(4-16)19-8;9-5-1-2-11(8(13)10-5)6-4-15-7(3-12)14-6;1-5(2,3)4/h2*1,4,7-10,21H,2-3,5-6H2,(H3,15,17,18,19);3,6-8,16H,2,4H2,1H3,(H,12,17,18);1-2,6-7,12H,3-4H2,(H2,9,10,13);(H2,1,2,3,4)/t2*8-,10+;6-,7+,8+;6-,7+;/m1101./s1. The lowest BCUT2D eigenvalue weighted by atomic mass is 10.1. The Hall–Kier alpha value is -7.57. The average molecular weight is 1170 g/mol. The van der Waals surface area contributed by atoms with E-state index in [1.54, 1.807) is 31.8 Å². The van der Waals surface area contributed by atoms with Gasteiger partial charge in [0.2, 0.25) is 11.9 Å². The Balaban J connectivity index is 0.000000139. The van der Waals surface area contributed by atoms with Crippen LogP contribution in [0.25, 0.3) is 32.8 Å². The first kappa shape index (κ1) is 59.5. The quantitative estimate of drug-likeness (QED) is 0.0249. The second-order valence-corrected chi connectivity index (χ2v) is 21.5. The van der Waals surface area contributed by atoms with Gasteiger partial charge in [-0.2, -0.15) is 33.3 Å². The highest BCUT2D eigenvalue weighted by molar-refractivity contribution is 8.00. The summed E-state index contributed by atoms with van der Waals surface area (Å²) in [5.74, 6) is 3.18. The zero-order valence-corrected chi connectivity index (χ0v) is 45.0. The molecule has 0 bridgehead atoms. The number of ether oxygens (including phenoxy) is 2. The fourth-order valence-corrected chi connectivity index (χ4v) is 9.88. The molecule has 35 heteroatoms. The van der Waals surface area contributed by atoms with Crippen molar-refractivity contribution in [1.29, 1.82) is 0 Å². The van der Waals surface area contributed by atoms with Crippen molar-refractivity contribution in [3.8, 4) is 0 Å². The number of thioether (sulfide) groups is 1. The number of imidazole rings is 2. The van der Waals surface area contributed by atoms with E-state index in [9.17, 15) is 24.6 Å². The van der Waals surface area contributed by atoms with Crippen LogP contribution in [-0.2, 0) is 19.9 Å². The highest BCUT2D eigenvalue weighted by Crippen LogP contribution is 2.36. The maximum Gasteiger partial charge on any atom is 0.394 e. The molecular formula is C46H62N20O13S2. The van der Waals surface area contributed by atoms with Crippen molar-refractivity contribution in [1.82, 2.24) is 58.1 Å². The Morgan fingerprint density at radius 1 is 0.753 bits per heavy atom. The summed E-state index contributed by atoms with van der Waals surface area (Å²) in [7, 11) is -4.67. The van der Waals surface area contributed by atoms with Crippen LogP contribution in [0.3, 0.4) is 0 Å². The van der Waals surface area contributed by atoms with Gasteiger partial charge in [-0.3, -0.25) is 28.0 Å². The second-order valence-electron chi connectivity index (χ2n) is 19.4. The lowest BCUT2D eigenvalue weighted by Gasteiger charge is -2.14. The molecule has 2 saturated heterocycles. The zero-order valence-electron chi connectivity index (χ0n) is 43.4. The molecule has 2 saturated carbocycles. The van der Waals surface area contributed by atoms with Gasteiger partial charge in [-0.15, -0.1) is 11.8 Å². The normalized spacial score (nSPS) is 24.5. The first-order chi connectivity index (χ1) is 38.7. The average Bonchev–Trinajstić information content (AvgIpc) is 4.03. The van der Waals surface area contributed by atoms with Crippen molar-refractivity contribution in [2.75, 3.05) is 60.0 Å². The number of allylic oxidation sites excluding steroid dienone is 2. The lowest BCUT2D eigenvalue weighted by molar-refractivity contribution is -0.0271. The Labute approximate surface area is 463 Å². The molecule has 6 aromatic rings. The molecule has 6 aliphatic rings. The Morgan fingerprint density at radius 3 is 1.74 bits per heavy atom. The van der Waals surface area contributed by atoms with Gasteiger partial charge in [0.05, 0.1) is 50.1 Å². The van der Waals surface area contributed by atoms with Gasteiger partial charge in [0.1, 0.15) is 23.7 Å². The maximum atomic E-state index is 11.7. The summed E-state index contributed by atoms with van der Waals surface area (Å²) < 4.78 is 49.1. The molecule has 6 aromatic heterocycles. The van der Waals surface area contributed by atoms with Crippen LogP contribution < -0.4 is 44.8 Å². The molecule has 0 amide bonds. The minimum absolute atomic E-state index is 0.0572. The number of aromatic nitrogens is 12. The van der Waals surface area contributed by atoms with E-state index in [0.717, 1.165) is 72.5 Å². The second kappa shape index (κ2) is 26.3. The van der Waals surface area contributed by atoms with Crippen molar-refractivity contribution in [2.45, 2.75) is 106 Å². The summed E-state index contributed by atoms with van der Waals surface area (Å²) in [6.07, 6.45) is 19.7. The molecule has 436 valence electrons. The number of aliphatic hydroxyl groups excluding tert-OH is 4. The number of nitrogen functional groups attached to an aromatic ring is 3. The number of hydrogen-bond acceptors (Lipinski definition) is 25. The molecule has 0 radical (unpaired) electrons. The molecule has 0 unspecified atom stereocenters. The molecule has 0 spiro atoms. The molecule has 4 aliphatic carbocycles. The lowest BCUT2D eigenvalue weighted by Crippen LogP contribution is -2.33. The van der Waals surface area contributed by atoms with Gasteiger partial charge in [0.15, 0.2) is 34.0 Å². The van der Waals surface area contributed by atoms with Crippen molar-refractivity contribution in [3.63, 3.8) is 0 Å². The zero-order chi connectivity index (χ0) is 58.1. The SMILES string of the molecule is Cc1cn([C@H]2C[C@H](N=[N+]=[N-])[C@@H](CO)O2)c(=O)[nH]c1=O.Nc1ccn([C@H]2CS[C@@H](CO)O2)c(=O)n1.Nc1nc(NC2CC2)c2ncn([C@H]3C=C[C@@H](CO)C3)c2n1.Nc1nc(NC2CC2)c2ncn([C@H]3C=C[C@@H](CO)C3)c2n1.O=S(=O)(O)O. The van der Waals surface area contributed by atoms with Crippen molar-refractivity contribution < 1.29 is 47.4 Å². The first-order valence-electron chi connectivity index (χ1n) is 25.4. The van der Waals surface area contributed by atoms with E-state index in [0.29, 0.717) is 23.4 Å². The molecule has 0 aromatic carbocycles. The van der Waals surface area contributed by atoms with E-state index in [-0.39, 0.29) is 86.1 Å². The van der Waals surface area contributed by atoms with E-state index >= 15 is 0 Å². The number of H-pyrrole nitrogens is 1. The molecule has 4 fully saturated rings. The Kier molecular flexibility index (Phi) is 19.4. The number of rotatable bonds is 13. The van der Waals surface area contributed by atoms with E-state index < -0.39 is 45.7 Å². The number of hydrogen-bond donors (Lipinski definition) is 12. The van der Waals surface area contributed by atoms with Crippen LogP contribution in [0.2, 0.25) is 0 Å². The number of anilines is 5. The van der Waals surface area contributed by atoms with Crippen LogP contribution in [0.4, 0.5) is 29.4 Å². The topological polar surface area (TPSA) is 502 Å². The molecule has 2 aliphatic heterocycles. The van der Waals surface area contributed by atoms with Gasteiger partial charge >= 0.3 is 21.8 Å². The van der Waals surface area contributed by atoms with E-state index in [4.69, 9.17) is 59.9 Å². The smallest absolute Gasteiger partial charge is 0.394 e. The number of aliphatic hydroxyl groups is 4. The predicted octanol–water partition coefficient (Wildman–Crippen LogP) is 0.741. The highest BCUT2D eigenvalue weighted by atomic mass is 32.3. The summed E-state index contributed by atoms with van der Waals surface area (Å²) in [5.41, 5.74) is 27.1. The number of nitrogens with two attached hydrogens (primary N) is 3. The third-order valence-electron chi connectivity index (χ3n) is 13.3. The molecular weight excluding hydrogens is 1100 g/mol. The number of nitrogens with zero attached hydrogens (tertiary/aromatic N) is 14. The molecule has 9 atom stereocenters. The Bertz CT molecular complexity index is 3450. The van der Waals surface area contributed by atoms with E-state index in [1.165, 1.54) is 27.1 Å². The van der Waals surface area contributed by atoms with Gasteiger partial charge in [0.25, 0.3) is 5.56 Å². The van der Waals surface area contributed by atoms with Gasteiger partial charge in [-0.1, -0.05) is 29.4 Å². The third kappa shape index (κ3) is 15.7. The van der Waals surface area contributed by atoms with Crippen LogP contribution in [0.15, 0.2) is 74.9 Å². The minimum Gasteiger partial charge on any atom is -0.396 e. The summed E-state index contributed by atoms with van der Waals surface area (Å²) in [6.45, 7) is 1.55. The predicted molar refractivity (Wildman–Crippen MR) is 295 cm³/mol. The molecule has 12 rings (SSSR count). The summed E-state index contributed by atoms with van der Waals surface area (Å²) in [4.78, 5) is 69.0. The number of nitrogens with one attached hydrogen (secondary N) is 3. The number of fused-ring (bicyclic) bond motifs is 2. The van der Waals surface area contributed by atoms with E-state index in [1.807, 2.05) is 21.3 Å². The van der Waals surface area contributed by atoms with E-state index in [2.05, 4.69) is 72.7 Å². The maximum absolute atomic E-state index is 11.7. The number of aryl methyl sites for hydroxylation is 1. The third-order valence-corrected chi connectivity index (χ3v) is 14.4. The van der Waals surface area contributed by atoms with Gasteiger partial charge in [-0.05, 0) is 57.0 Å². The highest BCUT2D eigenvalue weighted by Gasteiger charge is 2.36. The molecule has 81 heavy (non-hydrogen) atoms. The number of azide groups is 1. The Morgan fingerprint density at radius 2 is 1.30 bits per heavy atom. The summed E-state index contributed by atoms with van der Waals surface area (Å²) >= 11 is 1.47. The molecule has 15 N–H and O–H groups in total. The van der Waals surface area contributed by atoms with Gasteiger partial charge in [0, 0.05) is 72.2 Å². The van der Waals surface area contributed by atoms with Crippen LogP contribution in [0, 0.1) is 18.8 Å².